The summed E-state index contributed by atoms with van der Waals surface area (Å²) in [6.07, 6.45) is 8.48. The van der Waals surface area contributed by atoms with Crippen molar-refractivity contribution >= 4 is 12.2 Å². The first-order chi connectivity index (χ1) is 8.71. The highest BCUT2D eigenvalue weighted by atomic mass is 16.3. The molecule has 1 heteroatoms. The van der Waals surface area contributed by atoms with Gasteiger partial charge in [-0.3, -0.25) is 0 Å². The monoisotopic (exact) mass is 244 g/mol. The number of aliphatic hydroxyl groups is 1. The number of benzene rings is 1. The molecule has 1 atom stereocenters. The molecular weight excluding hydrogens is 220 g/mol. The molecule has 0 radical (unpaired) electrons. The predicted molar refractivity (Wildman–Crippen MR) is 80.5 cm³/mol. The minimum atomic E-state index is -0.138. The standard InChI is InChI=1S/C17H24O/c1-4-8-17(18)10-7-9-14-11-12-15(5-2)16(6-3)13-14/h5-6,11-13,17-18H,2-4,7-10H2,1H3. The van der Waals surface area contributed by atoms with Crippen molar-refractivity contribution in [1.82, 2.24) is 0 Å². The Balaban J connectivity index is 2.52. The summed E-state index contributed by atoms with van der Waals surface area (Å²) in [5, 5.41) is 9.68. The summed E-state index contributed by atoms with van der Waals surface area (Å²) < 4.78 is 0. The summed E-state index contributed by atoms with van der Waals surface area (Å²) >= 11 is 0. The van der Waals surface area contributed by atoms with Crippen LogP contribution >= 0.6 is 0 Å². The molecule has 1 rings (SSSR count). The molecule has 1 aromatic rings. The maximum absolute atomic E-state index is 9.68. The van der Waals surface area contributed by atoms with E-state index in [0.29, 0.717) is 0 Å². The van der Waals surface area contributed by atoms with Crippen LogP contribution in [0.1, 0.15) is 49.3 Å². The highest BCUT2D eigenvalue weighted by Gasteiger charge is 2.03. The van der Waals surface area contributed by atoms with Crippen molar-refractivity contribution in [3.8, 4) is 0 Å². The van der Waals surface area contributed by atoms with Crippen molar-refractivity contribution in [2.24, 2.45) is 0 Å². The fourth-order valence-electron chi connectivity index (χ4n) is 2.16. The normalized spacial score (nSPS) is 12.1. The third-order valence-corrected chi connectivity index (χ3v) is 3.22. The van der Waals surface area contributed by atoms with E-state index < -0.39 is 0 Å². The molecule has 0 aliphatic heterocycles. The first-order valence-electron chi connectivity index (χ1n) is 6.77. The van der Waals surface area contributed by atoms with Gasteiger partial charge in [-0.05, 0) is 42.4 Å². The third-order valence-electron chi connectivity index (χ3n) is 3.22. The summed E-state index contributed by atoms with van der Waals surface area (Å²) in [5.41, 5.74) is 3.57. The van der Waals surface area contributed by atoms with Gasteiger partial charge in [-0.25, -0.2) is 0 Å². The number of hydrogen-bond donors (Lipinski definition) is 1. The largest absolute Gasteiger partial charge is 0.393 e. The van der Waals surface area contributed by atoms with Gasteiger partial charge < -0.3 is 5.11 Å². The molecule has 1 N–H and O–H groups in total. The molecule has 1 nitrogen and oxygen atoms in total. The van der Waals surface area contributed by atoms with Crippen molar-refractivity contribution in [2.45, 2.75) is 45.1 Å². The Morgan fingerprint density at radius 1 is 1.17 bits per heavy atom. The van der Waals surface area contributed by atoms with Crippen LogP contribution in [0.3, 0.4) is 0 Å². The van der Waals surface area contributed by atoms with Crippen LogP contribution < -0.4 is 0 Å². The number of rotatable bonds is 8. The SMILES string of the molecule is C=Cc1ccc(CCCC(O)CCC)cc1C=C. The van der Waals surface area contributed by atoms with Gasteiger partial charge in [-0.15, -0.1) is 0 Å². The Morgan fingerprint density at radius 2 is 1.89 bits per heavy atom. The zero-order valence-corrected chi connectivity index (χ0v) is 11.4. The molecule has 0 aromatic heterocycles. The molecule has 18 heavy (non-hydrogen) atoms. The summed E-state index contributed by atoms with van der Waals surface area (Å²) in [4.78, 5) is 0. The average molecular weight is 244 g/mol. The van der Waals surface area contributed by atoms with Crippen LogP contribution in [0, 0.1) is 0 Å². The van der Waals surface area contributed by atoms with Crippen molar-refractivity contribution < 1.29 is 5.11 Å². The molecule has 98 valence electrons. The van der Waals surface area contributed by atoms with Gasteiger partial charge in [0, 0.05) is 0 Å². The number of aryl methyl sites for hydroxylation is 1. The van der Waals surface area contributed by atoms with Crippen LogP contribution in [0.5, 0.6) is 0 Å². The molecule has 0 amide bonds. The minimum absolute atomic E-state index is 0.138. The third kappa shape index (κ3) is 4.50. The molecule has 0 aliphatic rings. The quantitative estimate of drug-likeness (QED) is 0.716. The van der Waals surface area contributed by atoms with E-state index in [0.717, 1.165) is 43.2 Å². The van der Waals surface area contributed by atoms with Gasteiger partial charge in [0.15, 0.2) is 0 Å². The first-order valence-corrected chi connectivity index (χ1v) is 6.77. The lowest BCUT2D eigenvalue weighted by atomic mass is 9.99. The van der Waals surface area contributed by atoms with E-state index in [-0.39, 0.29) is 6.10 Å². The van der Waals surface area contributed by atoms with Crippen LogP contribution in [0.4, 0.5) is 0 Å². The molecule has 0 fully saturated rings. The van der Waals surface area contributed by atoms with Crippen molar-refractivity contribution in [3.63, 3.8) is 0 Å². The minimum Gasteiger partial charge on any atom is -0.393 e. The Bertz CT molecular complexity index is 393. The second kappa shape index (κ2) is 7.88. The topological polar surface area (TPSA) is 20.2 Å². The molecule has 0 aliphatic carbocycles. The van der Waals surface area contributed by atoms with Crippen LogP contribution in [0.25, 0.3) is 12.2 Å². The Hall–Kier alpha value is -1.34. The lowest BCUT2D eigenvalue weighted by Gasteiger charge is -2.09. The Kier molecular flexibility index (Phi) is 6.45. The van der Waals surface area contributed by atoms with Crippen LogP contribution in [0.15, 0.2) is 31.4 Å². The molecule has 0 bridgehead atoms. The molecule has 0 saturated heterocycles. The van der Waals surface area contributed by atoms with Crippen LogP contribution in [0.2, 0.25) is 0 Å². The van der Waals surface area contributed by atoms with E-state index >= 15 is 0 Å². The molecule has 1 aromatic carbocycles. The van der Waals surface area contributed by atoms with Gasteiger partial charge in [0.2, 0.25) is 0 Å². The maximum atomic E-state index is 9.68. The summed E-state index contributed by atoms with van der Waals surface area (Å²) in [5.74, 6) is 0. The summed E-state index contributed by atoms with van der Waals surface area (Å²) in [6, 6.07) is 6.38. The molecule has 1 unspecified atom stereocenters. The van der Waals surface area contributed by atoms with Crippen molar-refractivity contribution in [2.75, 3.05) is 0 Å². The smallest absolute Gasteiger partial charge is 0.0540 e. The fraction of sp³-hybridized carbons (Fsp3) is 0.412. The summed E-state index contributed by atoms with van der Waals surface area (Å²) in [7, 11) is 0. The maximum Gasteiger partial charge on any atom is 0.0540 e. The fourth-order valence-corrected chi connectivity index (χ4v) is 2.16. The second-order valence-electron chi connectivity index (χ2n) is 4.71. The van der Waals surface area contributed by atoms with E-state index in [1.165, 1.54) is 5.56 Å². The zero-order valence-electron chi connectivity index (χ0n) is 11.4. The van der Waals surface area contributed by atoms with Gasteiger partial charge in [0.1, 0.15) is 0 Å². The van der Waals surface area contributed by atoms with Crippen LogP contribution in [-0.4, -0.2) is 11.2 Å². The van der Waals surface area contributed by atoms with E-state index in [1.807, 2.05) is 12.2 Å². The Morgan fingerprint density at radius 3 is 2.50 bits per heavy atom. The van der Waals surface area contributed by atoms with E-state index in [4.69, 9.17) is 0 Å². The average Bonchev–Trinajstić information content (AvgIpc) is 2.38. The van der Waals surface area contributed by atoms with Gasteiger partial charge >= 0.3 is 0 Å². The van der Waals surface area contributed by atoms with E-state index in [2.05, 4.69) is 38.3 Å². The van der Waals surface area contributed by atoms with Crippen molar-refractivity contribution in [3.05, 3.63) is 48.0 Å². The van der Waals surface area contributed by atoms with Gasteiger partial charge in [-0.2, -0.15) is 0 Å². The predicted octanol–water partition coefficient (Wildman–Crippen LogP) is 4.46. The molecule has 0 saturated carbocycles. The molecule has 0 spiro atoms. The summed E-state index contributed by atoms with van der Waals surface area (Å²) in [6.45, 7) is 9.72. The lowest BCUT2D eigenvalue weighted by molar-refractivity contribution is 0.151. The second-order valence-corrected chi connectivity index (χ2v) is 4.71. The zero-order chi connectivity index (χ0) is 13.4. The lowest BCUT2D eigenvalue weighted by Crippen LogP contribution is -2.05. The number of hydrogen-bond acceptors (Lipinski definition) is 1. The number of aliphatic hydroxyl groups excluding tert-OH is 1. The molecule has 0 heterocycles. The van der Waals surface area contributed by atoms with Gasteiger partial charge in [-0.1, -0.05) is 56.9 Å². The van der Waals surface area contributed by atoms with Gasteiger partial charge in [0.25, 0.3) is 0 Å². The van der Waals surface area contributed by atoms with Gasteiger partial charge in [0.05, 0.1) is 6.10 Å². The molecular formula is C17H24O. The Labute approximate surface area is 111 Å². The highest BCUT2D eigenvalue weighted by molar-refractivity contribution is 5.64. The van der Waals surface area contributed by atoms with Crippen molar-refractivity contribution in [1.29, 1.82) is 0 Å². The van der Waals surface area contributed by atoms with E-state index in [1.54, 1.807) is 0 Å². The first kappa shape index (κ1) is 14.7. The van der Waals surface area contributed by atoms with E-state index in [9.17, 15) is 5.11 Å². The highest BCUT2D eigenvalue weighted by Crippen LogP contribution is 2.17. The van der Waals surface area contributed by atoms with Crippen LogP contribution in [-0.2, 0) is 6.42 Å².